The Morgan fingerprint density at radius 2 is 1.78 bits per heavy atom. The first-order chi connectivity index (χ1) is 15.1. The van der Waals surface area contributed by atoms with Crippen LogP contribution in [0.4, 0.5) is 18.9 Å². The molecule has 3 aromatic rings. The Hall–Kier alpha value is -2.19. The van der Waals surface area contributed by atoms with Gasteiger partial charge in [-0.3, -0.25) is 18.7 Å². The van der Waals surface area contributed by atoms with E-state index in [1.54, 1.807) is 41.2 Å². The van der Waals surface area contributed by atoms with E-state index in [1.807, 2.05) is 18.5 Å². The molecule has 0 radical (unpaired) electrons. The zero-order valence-electron chi connectivity index (χ0n) is 17.2. The van der Waals surface area contributed by atoms with Crippen LogP contribution in [0.1, 0.15) is 29.8 Å². The average Bonchev–Trinajstić information content (AvgIpc) is 3.25. The monoisotopic (exact) mass is 498 g/mol. The van der Waals surface area contributed by atoms with Crippen LogP contribution >= 0.6 is 17.9 Å². The molecule has 1 unspecified atom stereocenters. The highest BCUT2D eigenvalue weighted by Crippen LogP contribution is 2.59. The predicted octanol–water partition coefficient (Wildman–Crippen LogP) is 5.48. The van der Waals surface area contributed by atoms with E-state index in [9.17, 15) is 18.0 Å². The Kier molecular flexibility index (Phi) is 5.96. The highest BCUT2D eigenvalue weighted by molar-refractivity contribution is 8.18. The number of hydrogen-bond acceptors (Lipinski definition) is 3. The average molecular weight is 499 g/mol. The summed E-state index contributed by atoms with van der Waals surface area (Å²) >= 11 is 12.1. The summed E-state index contributed by atoms with van der Waals surface area (Å²) in [6.07, 6.45) is -4.47. The van der Waals surface area contributed by atoms with Crippen molar-refractivity contribution in [1.29, 1.82) is 0 Å². The predicted molar refractivity (Wildman–Crippen MR) is 124 cm³/mol. The molecule has 0 bridgehead atoms. The number of hydrogen-bond donors (Lipinski definition) is 0. The van der Waals surface area contributed by atoms with Crippen LogP contribution in [0.2, 0.25) is 5.02 Å². The molecule has 1 aliphatic heterocycles. The first kappa shape index (κ1) is 23.0. The molecule has 168 valence electrons. The van der Waals surface area contributed by atoms with Crippen molar-refractivity contribution < 1.29 is 18.0 Å². The van der Waals surface area contributed by atoms with Crippen LogP contribution in [-0.2, 0) is 18.0 Å². The van der Waals surface area contributed by atoms with E-state index in [2.05, 4.69) is 4.98 Å². The first-order valence-electron chi connectivity index (χ1n) is 9.84. The van der Waals surface area contributed by atoms with Gasteiger partial charge in [0.2, 0.25) is 0 Å². The fourth-order valence-corrected chi connectivity index (χ4v) is 8.46. The molecule has 32 heavy (non-hydrogen) atoms. The van der Waals surface area contributed by atoms with E-state index in [-0.39, 0.29) is 11.3 Å². The molecule has 1 aliphatic rings. The fraction of sp³-hybridized carbons (Fsp3) is 0.238. The normalized spacial score (nSPS) is 17.9. The number of nitrogens with zero attached hydrogens (tertiary/aromatic N) is 4. The Morgan fingerprint density at radius 3 is 2.38 bits per heavy atom. The van der Waals surface area contributed by atoms with Gasteiger partial charge in [0, 0.05) is 36.1 Å². The Bertz CT molecular complexity index is 1220. The molecule has 0 spiro atoms. The molecule has 0 aliphatic carbocycles. The summed E-state index contributed by atoms with van der Waals surface area (Å²) in [7, 11) is 0. The molecule has 11 heteroatoms. The molecule has 1 aromatic heterocycles. The largest absolute Gasteiger partial charge is 0.416 e. The number of imidazole rings is 1. The molecule has 5 nitrogen and oxygen atoms in total. The van der Waals surface area contributed by atoms with Gasteiger partial charge in [0.15, 0.2) is 11.9 Å². The molecule has 0 fully saturated rings. The molecule has 0 saturated carbocycles. The first-order valence-corrected chi connectivity index (χ1v) is 12.9. The maximum Gasteiger partial charge on any atom is 0.416 e. The zero-order valence-corrected chi connectivity index (χ0v) is 19.6. The smallest absolute Gasteiger partial charge is 0.295 e. The number of benzene rings is 2. The van der Waals surface area contributed by atoms with Gasteiger partial charge in [-0.1, -0.05) is 25.4 Å². The van der Waals surface area contributed by atoms with Crippen LogP contribution in [0.5, 0.6) is 0 Å². The van der Waals surface area contributed by atoms with E-state index in [0.717, 1.165) is 12.1 Å². The van der Waals surface area contributed by atoms with E-state index >= 15 is 0 Å². The van der Waals surface area contributed by atoms with Crippen molar-refractivity contribution >= 4 is 46.9 Å². The van der Waals surface area contributed by atoms with Crippen molar-refractivity contribution in [1.82, 2.24) is 14.2 Å². The zero-order chi connectivity index (χ0) is 23.3. The van der Waals surface area contributed by atoms with Crippen molar-refractivity contribution in [3.63, 3.8) is 0 Å². The lowest BCUT2D eigenvalue weighted by molar-refractivity contribution is -0.137. The summed E-state index contributed by atoms with van der Waals surface area (Å²) in [5.41, 5.74) is 0.431. The minimum atomic E-state index is -4.57. The summed E-state index contributed by atoms with van der Waals surface area (Å²) < 4.78 is 45.8. The van der Waals surface area contributed by atoms with Crippen LogP contribution in [0, 0.1) is 0 Å². The van der Waals surface area contributed by atoms with Crippen molar-refractivity contribution in [3.05, 3.63) is 71.0 Å². The third-order valence-electron chi connectivity index (χ3n) is 5.34. The van der Waals surface area contributed by atoms with Crippen LogP contribution < -0.4 is 10.2 Å². The lowest BCUT2D eigenvalue weighted by Crippen LogP contribution is -2.46. The molecule has 1 atom stereocenters. The van der Waals surface area contributed by atoms with Gasteiger partial charge in [0.25, 0.3) is 5.91 Å². The maximum atomic E-state index is 13.8. The molecule has 0 N–H and O–H groups in total. The third-order valence-corrected chi connectivity index (χ3v) is 10.4. The number of anilines is 1. The second kappa shape index (κ2) is 8.30. The summed E-state index contributed by atoms with van der Waals surface area (Å²) in [4.78, 5) is 18.3. The molecule has 2 aromatic carbocycles. The van der Waals surface area contributed by atoms with Gasteiger partial charge in [-0.25, -0.2) is 4.98 Å². The van der Waals surface area contributed by atoms with E-state index < -0.39 is 24.0 Å². The van der Waals surface area contributed by atoms with Gasteiger partial charge in [-0.05, 0) is 54.3 Å². The van der Waals surface area contributed by atoms with Crippen LogP contribution in [0.15, 0.2) is 54.9 Å². The molecular formula is C21H19ClF3N4OPS. The number of halogens is 4. The van der Waals surface area contributed by atoms with Gasteiger partial charge in [0.05, 0.1) is 16.9 Å². The Labute approximate surface area is 193 Å². The lowest BCUT2D eigenvalue weighted by Gasteiger charge is -2.45. The van der Waals surface area contributed by atoms with Crippen molar-refractivity contribution in [2.45, 2.75) is 20.0 Å². The number of carbonyl (C=O) groups is 1. The number of rotatable bonds is 4. The third kappa shape index (κ3) is 3.57. The number of amides is 1. The van der Waals surface area contributed by atoms with Gasteiger partial charge < -0.3 is 0 Å². The minimum Gasteiger partial charge on any atom is -0.295 e. The number of aromatic nitrogens is 2. The Balaban J connectivity index is 2.04. The van der Waals surface area contributed by atoms with E-state index in [0.29, 0.717) is 29.4 Å². The summed E-state index contributed by atoms with van der Waals surface area (Å²) in [6, 6.07) is 9.56. The minimum absolute atomic E-state index is 0.112. The molecule has 4 rings (SSSR count). The van der Waals surface area contributed by atoms with Crippen molar-refractivity contribution in [2.75, 3.05) is 17.8 Å². The van der Waals surface area contributed by atoms with Crippen molar-refractivity contribution in [2.24, 2.45) is 0 Å². The molecule has 0 saturated heterocycles. The maximum absolute atomic E-state index is 13.8. The second-order valence-electron chi connectivity index (χ2n) is 7.11. The lowest BCUT2D eigenvalue weighted by atomic mass is 10.1. The van der Waals surface area contributed by atoms with Gasteiger partial charge in [-0.15, -0.1) is 0 Å². The Morgan fingerprint density at radius 1 is 1.12 bits per heavy atom. The summed E-state index contributed by atoms with van der Waals surface area (Å²) in [5.74, 6) is -0.494. The van der Waals surface area contributed by atoms with E-state index in [1.165, 1.54) is 10.7 Å². The summed E-state index contributed by atoms with van der Waals surface area (Å²) in [6.45, 7) is 4.80. The molecule has 2 heterocycles. The highest BCUT2D eigenvalue weighted by Gasteiger charge is 2.46. The SMILES string of the molecule is CCN(CC)P1(=S)c2nccn2-c2ccc(C(F)(F)F)cc2N1C(=O)c1ccc(Cl)cc1. The molecule has 1 amide bonds. The van der Waals surface area contributed by atoms with Crippen LogP contribution in [0.25, 0.3) is 5.69 Å². The number of fused-ring (bicyclic) bond motifs is 3. The van der Waals surface area contributed by atoms with Crippen LogP contribution in [0.3, 0.4) is 0 Å². The van der Waals surface area contributed by atoms with Gasteiger partial charge in [-0.2, -0.15) is 13.2 Å². The number of carbonyl (C=O) groups excluding carboxylic acids is 1. The van der Waals surface area contributed by atoms with Crippen molar-refractivity contribution in [3.8, 4) is 5.69 Å². The fourth-order valence-electron chi connectivity index (χ4n) is 3.81. The topological polar surface area (TPSA) is 41.4 Å². The molecular weight excluding hydrogens is 480 g/mol. The van der Waals surface area contributed by atoms with Crippen LogP contribution in [-0.4, -0.2) is 33.2 Å². The second-order valence-corrected chi connectivity index (χ2v) is 11.5. The van der Waals surface area contributed by atoms with Gasteiger partial charge >= 0.3 is 6.18 Å². The van der Waals surface area contributed by atoms with E-state index in [4.69, 9.17) is 23.4 Å². The number of alkyl halides is 3. The van der Waals surface area contributed by atoms with Gasteiger partial charge in [0.1, 0.15) is 0 Å². The standard InChI is InChI=1S/C21H19ClF3N4OPS/c1-3-27(4-2)31(32)20-26-11-12-28(20)17-10-7-15(21(23,24)25)13-18(17)29(31)19(30)14-5-8-16(22)9-6-14/h5-13H,3-4H2,1-2H3. The summed E-state index contributed by atoms with van der Waals surface area (Å²) in [5, 5.41) is 0.443. The quantitative estimate of drug-likeness (QED) is 0.447. The highest BCUT2D eigenvalue weighted by atomic mass is 35.5.